The summed E-state index contributed by atoms with van der Waals surface area (Å²) in [5.41, 5.74) is 1.17. The van der Waals surface area contributed by atoms with Crippen molar-refractivity contribution in [3.05, 3.63) is 69.2 Å². The first-order valence-corrected chi connectivity index (χ1v) is 6.40. The van der Waals surface area contributed by atoms with Crippen LogP contribution in [0.25, 0.3) is 0 Å². The van der Waals surface area contributed by atoms with Crippen LogP contribution in [-0.2, 0) is 13.1 Å². The Balaban J connectivity index is 1.98. The summed E-state index contributed by atoms with van der Waals surface area (Å²) in [6.07, 6.45) is 0. The fourth-order valence-electron chi connectivity index (χ4n) is 1.73. The van der Waals surface area contributed by atoms with Gasteiger partial charge in [-0.15, -0.1) is 0 Å². The highest BCUT2D eigenvalue weighted by Gasteiger charge is 2.04. The van der Waals surface area contributed by atoms with E-state index in [1.807, 2.05) is 0 Å². The molecule has 2 rings (SSSR count). The van der Waals surface area contributed by atoms with E-state index >= 15 is 0 Å². The van der Waals surface area contributed by atoms with Crippen molar-refractivity contribution < 1.29 is 8.78 Å². The fourth-order valence-corrected chi connectivity index (χ4v) is 2.30. The van der Waals surface area contributed by atoms with Crippen molar-refractivity contribution in [2.24, 2.45) is 0 Å². The van der Waals surface area contributed by atoms with Gasteiger partial charge in [-0.05, 0) is 42.0 Å². The zero-order chi connectivity index (χ0) is 13.8. The van der Waals surface area contributed by atoms with Crippen LogP contribution in [0.5, 0.6) is 0 Å². The second-order valence-electron chi connectivity index (χ2n) is 4.12. The first kappa shape index (κ1) is 14.3. The Labute approximate surface area is 120 Å². The third kappa shape index (κ3) is 4.16. The van der Waals surface area contributed by atoms with Crippen LogP contribution in [0.1, 0.15) is 11.1 Å². The quantitative estimate of drug-likeness (QED) is 0.873. The summed E-state index contributed by atoms with van der Waals surface area (Å²) >= 11 is 11.7. The standard InChI is InChI=1S/C14H11Cl2F2N/c15-11-3-9(4-12(16)6-11)7-19-8-10-5-13(17)1-2-14(10)18/h1-6,19H,7-8H2. The molecule has 0 radical (unpaired) electrons. The van der Waals surface area contributed by atoms with Gasteiger partial charge >= 0.3 is 0 Å². The second kappa shape index (κ2) is 6.33. The maximum Gasteiger partial charge on any atom is 0.127 e. The molecule has 0 spiro atoms. The normalized spacial score (nSPS) is 10.7. The Morgan fingerprint density at radius 1 is 0.895 bits per heavy atom. The van der Waals surface area contributed by atoms with Crippen LogP contribution >= 0.6 is 23.2 Å². The van der Waals surface area contributed by atoms with E-state index in [1.165, 1.54) is 6.07 Å². The van der Waals surface area contributed by atoms with E-state index in [1.54, 1.807) is 18.2 Å². The van der Waals surface area contributed by atoms with Gasteiger partial charge in [-0.3, -0.25) is 0 Å². The van der Waals surface area contributed by atoms with Crippen molar-refractivity contribution >= 4 is 23.2 Å². The molecule has 5 heteroatoms. The summed E-state index contributed by atoms with van der Waals surface area (Å²) in [7, 11) is 0. The molecule has 19 heavy (non-hydrogen) atoms. The predicted molar refractivity (Wildman–Crippen MR) is 73.4 cm³/mol. The van der Waals surface area contributed by atoms with Crippen molar-refractivity contribution in [1.82, 2.24) is 5.32 Å². The lowest BCUT2D eigenvalue weighted by Crippen LogP contribution is -2.14. The summed E-state index contributed by atoms with van der Waals surface area (Å²) in [6, 6.07) is 8.55. The smallest absolute Gasteiger partial charge is 0.127 e. The van der Waals surface area contributed by atoms with Crippen molar-refractivity contribution in [1.29, 1.82) is 0 Å². The number of halogens is 4. The van der Waals surface area contributed by atoms with E-state index in [9.17, 15) is 8.78 Å². The molecule has 0 heterocycles. The topological polar surface area (TPSA) is 12.0 Å². The Morgan fingerprint density at radius 3 is 2.26 bits per heavy atom. The van der Waals surface area contributed by atoms with Gasteiger partial charge in [0.05, 0.1) is 0 Å². The van der Waals surface area contributed by atoms with E-state index in [2.05, 4.69) is 5.32 Å². The second-order valence-corrected chi connectivity index (χ2v) is 4.99. The van der Waals surface area contributed by atoms with Crippen LogP contribution in [0.3, 0.4) is 0 Å². The molecule has 0 fully saturated rings. The minimum absolute atomic E-state index is 0.230. The molecule has 0 atom stereocenters. The monoisotopic (exact) mass is 301 g/mol. The van der Waals surface area contributed by atoms with Crippen LogP contribution < -0.4 is 5.32 Å². The summed E-state index contributed by atoms with van der Waals surface area (Å²) < 4.78 is 26.3. The molecule has 0 aromatic heterocycles. The highest BCUT2D eigenvalue weighted by molar-refractivity contribution is 6.34. The van der Waals surface area contributed by atoms with Gasteiger partial charge in [-0.2, -0.15) is 0 Å². The fraction of sp³-hybridized carbons (Fsp3) is 0.143. The number of rotatable bonds is 4. The molecule has 2 aromatic rings. The first-order valence-electron chi connectivity index (χ1n) is 5.64. The summed E-state index contributed by atoms with van der Waals surface area (Å²) in [5.74, 6) is -0.887. The highest BCUT2D eigenvalue weighted by Crippen LogP contribution is 2.19. The lowest BCUT2D eigenvalue weighted by molar-refractivity contribution is 0.568. The third-order valence-corrected chi connectivity index (χ3v) is 3.01. The molecule has 0 unspecified atom stereocenters. The minimum atomic E-state index is -0.455. The number of benzene rings is 2. The highest BCUT2D eigenvalue weighted by atomic mass is 35.5. The van der Waals surface area contributed by atoms with Crippen LogP contribution in [0.2, 0.25) is 10.0 Å². The number of hydrogen-bond donors (Lipinski definition) is 1. The summed E-state index contributed by atoms with van der Waals surface area (Å²) in [5, 5.41) is 4.10. The van der Waals surface area contributed by atoms with Gasteiger partial charge in [0.15, 0.2) is 0 Å². The predicted octanol–water partition coefficient (Wildman–Crippen LogP) is 4.56. The van der Waals surface area contributed by atoms with E-state index in [4.69, 9.17) is 23.2 Å². The van der Waals surface area contributed by atoms with Crippen molar-refractivity contribution in [3.63, 3.8) is 0 Å². The molecule has 100 valence electrons. The van der Waals surface area contributed by atoms with E-state index in [0.717, 1.165) is 17.7 Å². The van der Waals surface area contributed by atoms with Crippen molar-refractivity contribution in [2.45, 2.75) is 13.1 Å². The minimum Gasteiger partial charge on any atom is -0.309 e. The molecule has 2 aromatic carbocycles. The van der Waals surface area contributed by atoms with Gasteiger partial charge in [0.25, 0.3) is 0 Å². The molecular weight excluding hydrogens is 291 g/mol. The van der Waals surface area contributed by atoms with E-state index < -0.39 is 11.6 Å². The van der Waals surface area contributed by atoms with Gasteiger partial charge < -0.3 is 5.32 Å². The zero-order valence-corrected chi connectivity index (χ0v) is 11.4. The van der Waals surface area contributed by atoms with Gasteiger partial charge in [-0.1, -0.05) is 23.2 Å². The largest absolute Gasteiger partial charge is 0.309 e. The van der Waals surface area contributed by atoms with Crippen molar-refractivity contribution in [3.8, 4) is 0 Å². The van der Waals surface area contributed by atoms with Crippen LogP contribution in [0.15, 0.2) is 36.4 Å². The molecule has 1 nitrogen and oxygen atoms in total. The SMILES string of the molecule is Fc1ccc(F)c(CNCc2cc(Cl)cc(Cl)c2)c1. The molecule has 1 N–H and O–H groups in total. The first-order chi connectivity index (χ1) is 9.04. The Kier molecular flexibility index (Phi) is 4.75. The van der Waals surface area contributed by atoms with E-state index in [-0.39, 0.29) is 12.1 Å². The van der Waals surface area contributed by atoms with Crippen LogP contribution in [0, 0.1) is 11.6 Å². The lowest BCUT2D eigenvalue weighted by atomic mass is 10.2. The van der Waals surface area contributed by atoms with E-state index in [0.29, 0.717) is 16.6 Å². The maximum absolute atomic E-state index is 13.4. The maximum atomic E-state index is 13.4. The molecule has 0 aliphatic heterocycles. The Bertz CT molecular complexity index is 567. The van der Waals surface area contributed by atoms with Gasteiger partial charge in [0.1, 0.15) is 11.6 Å². The average Bonchev–Trinajstić information content (AvgIpc) is 2.32. The molecule has 0 saturated carbocycles. The summed E-state index contributed by atoms with van der Waals surface area (Å²) in [4.78, 5) is 0. The van der Waals surface area contributed by atoms with Crippen LogP contribution in [0.4, 0.5) is 8.78 Å². The molecule has 0 amide bonds. The summed E-state index contributed by atoms with van der Waals surface area (Å²) in [6.45, 7) is 0.698. The number of hydrogen-bond acceptors (Lipinski definition) is 1. The zero-order valence-electron chi connectivity index (χ0n) is 9.89. The molecule has 0 aliphatic rings. The van der Waals surface area contributed by atoms with Gasteiger partial charge in [-0.25, -0.2) is 8.78 Å². The van der Waals surface area contributed by atoms with Gasteiger partial charge in [0, 0.05) is 28.7 Å². The Hall–Kier alpha value is -1.16. The molecular formula is C14H11Cl2F2N. The average molecular weight is 302 g/mol. The molecule has 0 saturated heterocycles. The lowest BCUT2D eigenvalue weighted by Gasteiger charge is -2.07. The van der Waals surface area contributed by atoms with Crippen LogP contribution in [-0.4, -0.2) is 0 Å². The third-order valence-electron chi connectivity index (χ3n) is 2.57. The Morgan fingerprint density at radius 2 is 1.58 bits per heavy atom. The van der Waals surface area contributed by atoms with Gasteiger partial charge in [0.2, 0.25) is 0 Å². The molecule has 0 aliphatic carbocycles. The number of nitrogens with one attached hydrogen (secondary N) is 1. The molecule has 0 bridgehead atoms. The van der Waals surface area contributed by atoms with Crippen molar-refractivity contribution in [2.75, 3.05) is 0 Å².